The zero-order valence-electron chi connectivity index (χ0n) is 19.6. The lowest BCUT2D eigenvalue weighted by atomic mass is 10.1. The van der Waals surface area contributed by atoms with Crippen LogP contribution in [0.3, 0.4) is 0 Å². The van der Waals surface area contributed by atoms with Gasteiger partial charge in [0.05, 0.1) is 6.61 Å². The van der Waals surface area contributed by atoms with E-state index in [9.17, 15) is 13.2 Å². The van der Waals surface area contributed by atoms with Crippen LogP contribution in [-0.4, -0.2) is 64.1 Å². The van der Waals surface area contributed by atoms with Crippen LogP contribution in [0.1, 0.15) is 47.8 Å². The van der Waals surface area contributed by atoms with Crippen LogP contribution in [0.25, 0.3) is 0 Å². The summed E-state index contributed by atoms with van der Waals surface area (Å²) in [5.41, 5.74) is 0.543. The molecule has 1 saturated heterocycles. The van der Waals surface area contributed by atoms with E-state index in [0.29, 0.717) is 53.5 Å². The second kappa shape index (κ2) is 13.6. The number of nitrogens with one attached hydrogen (secondary N) is 2. The van der Waals surface area contributed by atoms with E-state index >= 15 is 0 Å². The molecule has 0 aliphatic carbocycles. The van der Waals surface area contributed by atoms with Gasteiger partial charge in [-0.25, -0.2) is 8.42 Å². The van der Waals surface area contributed by atoms with Crippen molar-refractivity contribution in [3.63, 3.8) is 0 Å². The predicted molar refractivity (Wildman–Crippen MR) is 137 cm³/mol. The number of hydrogen-bond donors (Lipinski definition) is 2. The van der Waals surface area contributed by atoms with E-state index in [1.807, 2.05) is 6.07 Å². The van der Waals surface area contributed by atoms with E-state index in [4.69, 9.17) is 16.3 Å². The first-order valence-electron chi connectivity index (χ1n) is 11.8. The van der Waals surface area contributed by atoms with Crippen molar-refractivity contribution in [2.45, 2.75) is 49.3 Å². The van der Waals surface area contributed by atoms with Gasteiger partial charge in [-0.1, -0.05) is 18.5 Å². The number of halogens is 1. The third kappa shape index (κ3) is 8.03. The number of ether oxygens (including phenoxy) is 1. The summed E-state index contributed by atoms with van der Waals surface area (Å²) in [5.74, 6) is -0.175. The molecule has 0 bridgehead atoms. The molecule has 1 atom stereocenters. The summed E-state index contributed by atoms with van der Waals surface area (Å²) < 4.78 is 33.9. The Kier molecular flexibility index (Phi) is 10.8. The Hall–Kier alpha value is -1.49. The van der Waals surface area contributed by atoms with Crippen molar-refractivity contribution in [1.29, 1.82) is 0 Å². The maximum absolute atomic E-state index is 13.2. The number of nitrogens with zero attached hydrogens (tertiary/aromatic N) is 1. The molecule has 1 unspecified atom stereocenters. The van der Waals surface area contributed by atoms with Gasteiger partial charge in [0.1, 0.15) is 4.21 Å². The van der Waals surface area contributed by atoms with Gasteiger partial charge in [0.25, 0.3) is 15.9 Å². The summed E-state index contributed by atoms with van der Waals surface area (Å²) in [6, 6.07) is 10.5. The topological polar surface area (TPSA) is 87.7 Å². The fourth-order valence-corrected chi connectivity index (χ4v) is 6.99. The molecule has 1 aliphatic heterocycles. The molecule has 0 radical (unpaired) electrons. The Labute approximate surface area is 211 Å². The Morgan fingerprint density at radius 2 is 1.91 bits per heavy atom. The summed E-state index contributed by atoms with van der Waals surface area (Å²) in [4.78, 5) is 13.2. The van der Waals surface area contributed by atoms with E-state index < -0.39 is 10.0 Å². The first-order chi connectivity index (χ1) is 16.4. The van der Waals surface area contributed by atoms with E-state index in [1.54, 1.807) is 34.6 Å². The van der Waals surface area contributed by atoms with Crippen molar-refractivity contribution in [3.05, 3.63) is 51.9 Å². The number of hydrogen-bond acceptors (Lipinski definition) is 6. The molecule has 3 rings (SSSR count). The molecular weight excluding hydrogens is 494 g/mol. The van der Waals surface area contributed by atoms with Gasteiger partial charge in [0, 0.05) is 54.3 Å². The summed E-state index contributed by atoms with van der Waals surface area (Å²) in [7, 11) is -3.51. The highest BCUT2D eigenvalue weighted by atomic mass is 35.5. The molecule has 0 spiro atoms. The van der Waals surface area contributed by atoms with E-state index in [-0.39, 0.29) is 5.91 Å². The van der Waals surface area contributed by atoms with Crippen LogP contribution < -0.4 is 10.6 Å². The maximum atomic E-state index is 13.2. The minimum Gasteiger partial charge on any atom is -0.380 e. The minimum absolute atomic E-state index is 0.175. The lowest BCUT2D eigenvalue weighted by Gasteiger charge is -2.19. The summed E-state index contributed by atoms with van der Waals surface area (Å²) >= 11 is 7.14. The SMILES string of the molecule is CCCOCCNC1CCCN(S(=O)(=O)c2ccc(CCNC(=O)c3ccc(Cl)cc3)s2)CC1. The van der Waals surface area contributed by atoms with Crippen molar-refractivity contribution >= 4 is 38.9 Å². The average molecular weight is 528 g/mol. The quantitative estimate of drug-likeness (QED) is 0.408. The van der Waals surface area contributed by atoms with Crippen LogP contribution >= 0.6 is 22.9 Å². The molecule has 1 aromatic heterocycles. The maximum Gasteiger partial charge on any atom is 0.252 e. The zero-order valence-corrected chi connectivity index (χ0v) is 22.0. The first kappa shape index (κ1) is 27.1. The number of sulfonamides is 1. The van der Waals surface area contributed by atoms with Gasteiger partial charge < -0.3 is 15.4 Å². The Bertz CT molecular complexity index is 1010. The van der Waals surface area contributed by atoms with E-state index in [1.165, 1.54) is 11.3 Å². The fourth-order valence-electron chi connectivity index (χ4n) is 3.86. The smallest absolute Gasteiger partial charge is 0.252 e. The molecular formula is C24H34ClN3O4S2. The van der Waals surface area contributed by atoms with Gasteiger partial charge in [-0.2, -0.15) is 4.31 Å². The van der Waals surface area contributed by atoms with Crippen LogP contribution in [-0.2, 0) is 21.2 Å². The van der Waals surface area contributed by atoms with Crippen molar-refractivity contribution in [2.75, 3.05) is 39.4 Å². The summed E-state index contributed by atoms with van der Waals surface area (Å²) in [5, 5.41) is 6.95. The number of carbonyl (C=O) groups is 1. The molecule has 2 heterocycles. The lowest BCUT2D eigenvalue weighted by molar-refractivity contribution is 0.0954. The van der Waals surface area contributed by atoms with E-state index in [0.717, 1.165) is 43.7 Å². The van der Waals surface area contributed by atoms with E-state index in [2.05, 4.69) is 17.6 Å². The molecule has 34 heavy (non-hydrogen) atoms. The molecule has 10 heteroatoms. The molecule has 7 nitrogen and oxygen atoms in total. The lowest BCUT2D eigenvalue weighted by Crippen LogP contribution is -2.35. The second-order valence-electron chi connectivity index (χ2n) is 8.33. The van der Waals surface area contributed by atoms with Crippen molar-refractivity contribution in [1.82, 2.24) is 14.9 Å². The van der Waals surface area contributed by atoms with Gasteiger partial charge in [0.15, 0.2) is 0 Å². The molecule has 1 aliphatic rings. The molecule has 2 N–H and O–H groups in total. The molecule has 2 aromatic rings. The molecule has 188 valence electrons. The Balaban J connectivity index is 1.46. The van der Waals surface area contributed by atoms with Crippen molar-refractivity contribution < 1.29 is 17.9 Å². The molecule has 1 aromatic carbocycles. The van der Waals surface area contributed by atoms with Gasteiger partial charge in [-0.3, -0.25) is 4.79 Å². The highest BCUT2D eigenvalue weighted by Gasteiger charge is 2.28. The highest BCUT2D eigenvalue weighted by molar-refractivity contribution is 7.91. The molecule has 1 fully saturated rings. The predicted octanol–water partition coefficient (Wildman–Crippen LogP) is 3.93. The first-order valence-corrected chi connectivity index (χ1v) is 14.5. The standard InChI is InChI=1S/C24H34ClN3O4S2/c1-2-17-32-18-14-26-21-4-3-15-28(16-12-21)34(30,31)23-10-9-22(33-23)11-13-27-24(29)19-5-7-20(25)8-6-19/h5-10,21,26H,2-4,11-18H2,1H3,(H,27,29). The van der Waals surface area contributed by atoms with Crippen LogP contribution in [0.2, 0.25) is 5.02 Å². The van der Waals surface area contributed by atoms with Gasteiger partial charge >= 0.3 is 0 Å². The normalized spacial score (nSPS) is 17.4. The Morgan fingerprint density at radius 1 is 1.12 bits per heavy atom. The van der Waals surface area contributed by atoms with Gasteiger partial charge in [-0.05, 0) is 68.5 Å². The highest BCUT2D eigenvalue weighted by Crippen LogP contribution is 2.27. The summed E-state index contributed by atoms with van der Waals surface area (Å²) in [6.45, 7) is 5.82. The monoisotopic (exact) mass is 527 g/mol. The average Bonchev–Trinajstić information content (AvgIpc) is 3.17. The Morgan fingerprint density at radius 3 is 2.68 bits per heavy atom. The molecule has 1 amide bonds. The fraction of sp³-hybridized carbons (Fsp3) is 0.542. The van der Waals surface area contributed by atoms with Gasteiger partial charge in [0.2, 0.25) is 0 Å². The van der Waals surface area contributed by atoms with Crippen LogP contribution in [0.15, 0.2) is 40.6 Å². The van der Waals surface area contributed by atoms with Crippen LogP contribution in [0.5, 0.6) is 0 Å². The minimum atomic E-state index is -3.51. The third-order valence-corrected chi connectivity index (χ3v) is 9.47. The third-order valence-electron chi connectivity index (χ3n) is 5.71. The van der Waals surface area contributed by atoms with Crippen molar-refractivity contribution in [2.24, 2.45) is 0 Å². The number of amides is 1. The number of thiophene rings is 1. The number of benzene rings is 1. The van der Waals surface area contributed by atoms with Crippen molar-refractivity contribution in [3.8, 4) is 0 Å². The summed E-state index contributed by atoms with van der Waals surface area (Å²) in [6.07, 6.45) is 4.18. The zero-order chi connectivity index (χ0) is 24.4. The molecule has 0 saturated carbocycles. The van der Waals surface area contributed by atoms with Gasteiger partial charge in [-0.15, -0.1) is 11.3 Å². The number of rotatable bonds is 12. The largest absolute Gasteiger partial charge is 0.380 e. The van der Waals surface area contributed by atoms with Crippen LogP contribution in [0, 0.1) is 0 Å². The second-order valence-corrected chi connectivity index (χ2v) is 12.1. The number of carbonyl (C=O) groups excluding carboxylic acids is 1. The van der Waals surface area contributed by atoms with Crippen LogP contribution in [0.4, 0.5) is 0 Å².